The standard InChI is InChI=1S/C19H18ClNO/c1-19(2,3)13-6-4-12(5-7-13)10-16-15-9-8-14(20)11-17(15)21-18(16)22/h4-11H,1-3H3,(H,21,22)/b16-10+. The zero-order chi connectivity index (χ0) is 15.9. The maximum Gasteiger partial charge on any atom is 0.256 e. The van der Waals surface area contributed by atoms with E-state index in [1.54, 1.807) is 12.1 Å². The lowest BCUT2D eigenvalue weighted by molar-refractivity contribution is -0.110. The number of amides is 1. The van der Waals surface area contributed by atoms with Gasteiger partial charge in [-0.05, 0) is 34.8 Å². The minimum absolute atomic E-state index is 0.0860. The molecule has 0 unspecified atom stereocenters. The Labute approximate surface area is 135 Å². The normalized spacial score (nSPS) is 15.8. The van der Waals surface area contributed by atoms with Crippen molar-refractivity contribution in [2.45, 2.75) is 26.2 Å². The fraction of sp³-hybridized carbons (Fsp3) is 0.211. The molecule has 22 heavy (non-hydrogen) atoms. The summed E-state index contributed by atoms with van der Waals surface area (Å²) in [7, 11) is 0. The van der Waals surface area contributed by atoms with Crippen molar-refractivity contribution in [3.8, 4) is 0 Å². The molecule has 0 fully saturated rings. The Morgan fingerprint density at radius 3 is 2.36 bits per heavy atom. The number of benzene rings is 2. The molecule has 0 aliphatic carbocycles. The highest BCUT2D eigenvalue weighted by atomic mass is 35.5. The maximum atomic E-state index is 12.2. The molecule has 0 saturated carbocycles. The Balaban J connectivity index is 1.98. The van der Waals surface area contributed by atoms with Crippen molar-refractivity contribution < 1.29 is 4.79 Å². The number of carbonyl (C=O) groups excluding carboxylic acids is 1. The second kappa shape index (κ2) is 5.29. The molecule has 0 saturated heterocycles. The molecule has 0 radical (unpaired) electrons. The minimum Gasteiger partial charge on any atom is -0.321 e. The molecule has 2 aromatic carbocycles. The van der Waals surface area contributed by atoms with Gasteiger partial charge in [-0.2, -0.15) is 0 Å². The van der Waals surface area contributed by atoms with E-state index in [4.69, 9.17) is 11.6 Å². The number of halogens is 1. The van der Waals surface area contributed by atoms with Gasteiger partial charge in [-0.25, -0.2) is 0 Å². The molecular formula is C19H18ClNO. The van der Waals surface area contributed by atoms with Crippen molar-refractivity contribution in [1.29, 1.82) is 0 Å². The van der Waals surface area contributed by atoms with Gasteiger partial charge in [-0.1, -0.05) is 62.7 Å². The van der Waals surface area contributed by atoms with Crippen molar-refractivity contribution in [3.63, 3.8) is 0 Å². The van der Waals surface area contributed by atoms with E-state index in [0.29, 0.717) is 10.6 Å². The molecule has 0 atom stereocenters. The predicted octanol–water partition coefficient (Wildman–Crippen LogP) is 5.13. The number of carbonyl (C=O) groups is 1. The van der Waals surface area contributed by atoms with E-state index in [0.717, 1.165) is 16.8 Å². The maximum absolute atomic E-state index is 12.2. The summed E-state index contributed by atoms with van der Waals surface area (Å²) in [6, 6.07) is 13.8. The smallest absolute Gasteiger partial charge is 0.256 e. The highest BCUT2D eigenvalue weighted by Gasteiger charge is 2.24. The van der Waals surface area contributed by atoms with Crippen LogP contribution in [0.1, 0.15) is 37.5 Å². The lowest BCUT2D eigenvalue weighted by Gasteiger charge is -2.18. The van der Waals surface area contributed by atoms with Gasteiger partial charge in [0.25, 0.3) is 5.91 Å². The average Bonchev–Trinajstić information content (AvgIpc) is 2.74. The molecule has 1 aliphatic rings. The van der Waals surface area contributed by atoms with Gasteiger partial charge in [0.05, 0.1) is 5.69 Å². The molecule has 1 aliphatic heterocycles. The number of anilines is 1. The highest BCUT2D eigenvalue weighted by Crippen LogP contribution is 2.35. The van der Waals surface area contributed by atoms with Crippen LogP contribution in [0.4, 0.5) is 5.69 Å². The summed E-state index contributed by atoms with van der Waals surface area (Å²) in [6.45, 7) is 6.56. The zero-order valence-corrected chi connectivity index (χ0v) is 13.7. The Hall–Kier alpha value is -2.06. The number of hydrogen-bond donors (Lipinski definition) is 1. The second-order valence-corrected chi connectivity index (χ2v) is 7.01. The van der Waals surface area contributed by atoms with Gasteiger partial charge >= 0.3 is 0 Å². The van der Waals surface area contributed by atoms with Crippen LogP contribution < -0.4 is 5.32 Å². The van der Waals surface area contributed by atoms with Crippen LogP contribution in [0.25, 0.3) is 11.6 Å². The fourth-order valence-electron chi connectivity index (χ4n) is 2.56. The van der Waals surface area contributed by atoms with E-state index >= 15 is 0 Å². The van der Waals surface area contributed by atoms with E-state index in [9.17, 15) is 4.79 Å². The lowest BCUT2D eigenvalue weighted by Crippen LogP contribution is -2.10. The van der Waals surface area contributed by atoms with Crippen molar-refractivity contribution in [2.24, 2.45) is 0 Å². The minimum atomic E-state index is -0.0860. The molecule has 3 heteroatoms. The van der Waals surface area contributed by atoms with Gasteiger partial charge in [0, 0.05) is 16.2 Å². The molecule has 0 aromatic heterocycles. The van der Waals surface area contributed by atoms with Crippen LogP contribution in [-0.2, 0) is 10.2 Å². The zero-order valence-electron chi connectivity index (χ0n) is 12.9. The number of hydrogen-bond acceptors (Lipinski definition) is 1. The first kappa shape index (κ1) is 14.9. The van der Waals surface area contributed by atoms with Gasteiger partial charge in [0.15, 0.2) is 0 Å². The summed E-state index contributed by atoms with van der Waals surface area (Å²) in [5.74, 6) is -0.0860. The molecule has 3 rings (SSSR count). The van der Waals surface area contributed by atoms with Crippen molar-refractivity contribution in [2.75, 3.05) is 5.32 Å². The Morgan fingerprint density at radius 2 is 1.73 bits per heavy atom. The van der Waals surface area contributed by atoms with E-state index < -0.39 is 0 Å². The SMILES string of the molecule is CC(C)(C)c1ccc(/C=C2/C(=O)Nc3cc(Cl)ccc32)cc1. The molecule has 0 bridgehead atoms. The molecular weight excluding hydrogens is 294 g/mol. The third kappa shape index (κ3) is 2.79. The third-order valence-electron chi connectivity index (χ3n) is 3.85. The Kier molecular flexibility index (Phi) is 3.57. The van der Waals surface area contributed by atoms with Crippen molar-refractivity contribution in [3.05, 3.63) is 64.2 Å². The van der Waals surface area contributed by atoms with E-state index in [1.807, 2.05) is 12.1 Å². The highest BCUT2D eigenvalue weighted by molar-refractivity contribution is 6.36. The quantitative estimate of drug-likeness (QED) is 0.727. The summed E-state index contributed by atoms with van der Waals surface area (Å²) in [5.41, 5.74) is 4.76. The first-order chi connectivity index (χ1) is 10.3. The third-order valence-corrected chi connectivity index (χ3v) is 4.09. The number of rotatable bonds is 1. The molecule has 2 aromatic rings. The van der Waals surface area contributed by atoms with Crippen LogP contribution in [0, 0.1) is 0 Å². The van der Waals surface area contributed by atoms with Crippen LogP contribution in [0.2, 0.25) is 5.02 Å². The van der Waals surface area contributed by atoms with Gasteiger partial charge in [-0.15, -0.1) is 0 Å². The van der Waals surface area contributed by atoms with Crippen LogP contribution >= 0.6 is 11.6 Å². The molecule has 1 N–H and O–H groups in total. The topological polar surface area (TPSA) is 29.1 Å². The van der Waals surface area contributed by atoms with Gasteiger partial charge in [0.1, 0.15) is 0 Å². The van der Waals surface area contributed by atoms with E-state index in [1.165, 1.54) is 5.56 Å². The monoisotopic (exact) mass is 311 g/mol. The summed E-state index contributed by atoms with van der Waals surface area (Å²) >= 11 is 5.97. The van der Waals surface area contributed by atoms with Crippen molar-refractivity contribution in [1.82, 2.24) is 0 Å². The van der Waals surface area contributed by atoms with E-state index in [-0.39, 0.29) is 11.3 Å². The largest absolute Gasteiger partial charge is 0.321 e. The molecule has 1 amide bonds. The summed E-state index contributed by atoms with van der Waals surface area (Å²) in [5, 5.41) is 3.47. The Bertz CT molecular complexity index is 767. The summed E-state index contributed by atoms with van der Waals surface area (Å²) in [4.78, 5) is 12.2. The molecule has 1 heterocycles. The average molecular weight is 312 g/mol. The summed E-state index contributed by atoms with van der Waals surface area (Å²) < 4.78 is 0. The number of fused-ring (bicyclic) bond motifs is 1. The van der Waals surface area contributed by atoms with Crippen LogP contribution in [-0.4, -0.2) is 5.91 Å². The predicted molar refractivity (Wildman–Crippen MR) is 93.1 cm³/mol. The molecule has 0 spiro atoms. The number of nitrogens with one attached hydrogen (secondary N) is 1. The molecule has 2 nitrogen and oxygen atoms in total. The first-order valence-electron chi connectivity index (χ1n) is 7.28. The fourth-order valence-corrected chi connectivity index (χ4v) is 2.73. The van der Waals surface area contributed by atoms with Crippen LogP contribution in [0.3, 0.4) is 0 Å². The first-order valence-corrected chi connectivity index (χ1v) is 7.66. The van der Waals surface area contributed by atoms with Gasteiger partial charge in [-0.3, -0.25) is 4.79 Å². The van der Waals surface area contributed by atoms with Crippen LogP contribution in [0.15, 0.2) is 42.5 Å². The lowest BCUT2D eigenvalue weighted by atomic mass is 9.86. The van der Waals surface area contributed by atoms with Gasteiger partial charge in [0.2, 0.25) is 0 Å². The van der Waals surface area contributed by atoms with E-state index in [2.05, 4.69) is 50.4 Å². The van der Waals surface area contributed by atoms with Gasteiger partial charge < -0.3 is 5.32 Å². The van der Waals surface area contributed by atoms with Crippen molar-refractivity contribution >= 4 is 34.8 Å². The molecule has 112 valence electrons. The summed E-state index contributed by atoms with van der Waals surface area (Å²) in [6.07, 6.45) is 1.92. The van der Waals surface area contributed by atoms with Crippen LogP contribution in [0.5, 0.6) is 0 Å². The Morgan fingerprint density at radius 1 is 1.05 bits per heavy atom. The second-order valence-electron chi connectivity index (χ2n) is 6.57.